The van der Waals surface area contributed by atoms with Crippen molar-refractivity contribution in [2.45, 2.75) is 4.90 Å². The maximum atomic E-state index is 11.3. The molecule has 1 amide bonds. The van der Waals surface area contributed by atoms with Gasteiger partial charge in [-0.15, -0.1) is 0 Å². The van der Waals surface area contributed by atoms with Crippen LogP contribution in [-0.2, 0) is 9.84 Å². The Kier molecular flexibility index (Phi) is 3.31. The van der Waals surface area contributed by atoms with Crippen LogP contribution >= 0.6 is 0 Å². The SMILES string of the molecule is CNC(=O)Oc1ccccc1S(C)(=O)=O. The predicted octanol–water partition coefficient (Wildman–Crippen LogP) is 0.808. The van der Waals surface area contributed by atoms with E-state index in [2.05, 4.69) is 5.32 Å². The summed E-state index contributed by atoms with van der Waals surface area (Å²) >= 11 is 0. The molecule has 1 N–H and O–H groups in total. The van der Waals surface area contributed by atoms with Crippen LogP contribution in [0.1, 0.15) is 0 Å². The summed E-state index contributed by atoms with van der Waals surface area (Å²) in [6, 6.07) is 5.96. The fourth-order valence-electron chi connectivity index (χ4n) is 0.992. The zero-order chi connectivity index (χ0) is 11.5. The zero-order valence-corrected chi connectivity index (χ0v) is 9.17. The summed E-state index contributed by atoms with van der Waals surface area (Å²) in [6.07, 6.45) is 0.352. The monoisotopic (exact) mass is 229 g/mol. The van der Waals surface area contributed by atoms with Gasteiger partial charge in [0.05, 0.1) is 0 Å². The van der Waals surface area contributed by atoms with E-state index < -0.39 is 15.9 Å². The van der Waals surface area contributed by atoms with Gasteiger partial charge in [0, 0.05) is 13.3 Å². The smallest absolute Gasteiger partial charge is 0.409 e. The first-order valence-electron chi connectivity index (χ1n) is 4.14. The highest BCUT2D eigenvalue weighted by molar-refractivity contribution is 7.90. The maximum Gasteiger partial charge on any atom is 0.412 e. The summed E-state index contributed by atoms with van der Waals surface area (Å²) in [5.41, 5.74) is 0. The molecule has 0 radical (unpaired) electrons. The van der Waals surface area contributed by atoms with Gasteiger partial charge in [-0.2, -0.15) is 0 Å². The van der Waals surface area contributed by atoms with Crippen molar-refractivity contribution in [2.24, 2.45) is 0 Å². The van der Waals surface area contributed by atoms with Gasteiger partial charge < -0.3 is 10.1 Å². The van der Waals surface area contributed by atoms with Gasteiger partial charge in [-0.25, -0.2) is 13.2 Å². The minimum absolute atomic E-state index is 0.00593. The molecular weight excluding hydrogens is 218 g/mol. The van der Waals surface area contributed by atoms with Gasteiger partial charge in [0.1, 0.15) is 4.90 Å². The first-order chi connectivity index (χ1) is 6.95. The van der Waals surface area contributed by atoms with Crippen LogP contribution in [0.4, 0.5) is 4.79 Å². The molecule has 0 unspecified atom stereocenters. The number of ether oxygens (including phenoxy) is 1. The number of benzene rings is 1. The van der Waals surface area contributed by atoms with E-state index in [1.54, 1.807) is 12.1 Å². The Morgan fingerprint density at radius 1 is 1.33 bits per heavy atom. The lowest BCUT2D eigenvalue weighted by molar-refractivity contribution is 0.202. The molecule has 1 aromatic carbocycles. The van der Waals surface area contributed by atoms with Gasteiger partial charge in [0.15, 0.2) is 15.6 Å². The molecule has 0 fully saturated rings. The van der Waals surface area contributed by atoms with Crippen molar-refractivity contribution in [1.29, 1.82) is 0 Å². The van der Waals surface area contributed by atoms with Crippen molar-refractivity contribution in [3.63, 3.8) is 0 Å². The second-order valence-electron chi connectivity index (χ2n) is 2.86. The van der Waals surface area contributed by atoms with Gasteiger partial charge in [-0.3, -0.25) is 0 Å². The number of sulfone groups is 1. The number of amides is 1. The third-order valence-corrected chi connectivity index (χ3v) is 2.79. The van der Waals surface area contributed by atoms with Crippen LogP contribution < -0.4 is 10.1 Å². The molecule has 0 heterocycles. The Morgan fingerprint density at radius 2 is 1.93 bits per heavy atom. The molecule has 0 aromatic heterocycles. The minimum Gasteiger partial charge on any atom is -0.409 e. The maximum absolute atomic E-state index is 11.3. The molecule has 0 saturated carbocycles. The van der Waals surface area contributed by atoms with Crippen LogP contribution in [0, 0.1) is 0 Å². The number of rotatable bonds is 2. The summed E-state index contributed by atoms with van der Waals surface area (Å²) in [5.74, 6) is 0.0272. The fourth-order valence-corrected chi connectivity index (χ4v) is 1.79. The number of carbonyl (C=O) groups is 1. The van der Waals surface area contributed by atoms with Gasteiger partial charge in [0.25, 0.3) is 0 Å². The van der Waals surface area contributed by atoms with Crippen molar-refractivity contribution in [1.82, 2.24) is 5.32 Å². The lowest BCUT2D eigenvalue weighted by Crippen LogP contribution is -2.22. The average molecular weight is 229 g/mol. The number of nitrogens with one attached hydrogen (secondary N) is 1. The standard InChI is InChI=1S/C9H11NO4S/c1-10-9(11)14-7-5-3-4-6-8(7)15(2,12)13/h3-6H,1-2H3,(H,10,11). The minimum atomic E-state index is -3.39. The highest BCUT2D eigenvalue weighted by Gasteiger charge is 2.15. The molecule has 6 heteroatoms. The summed E-state index contributed by atoms with van der Waals surface area (Å²) in [4.78, 5) is 10.9. The summed E-state index contributed by atoms with van der Waals surface area (Å²) in [5, 5.41) is 2.24. The van der Waals surface area contributed by atoms with Crippen molar-refractivity contribution in [3.05, 3.63) is 24.3 Å². The highest BCUT2D eigenvalue weighted by Crippen LogP contribution is 2.22. The van der Waals surface area contributed by atoms with E-state index in [4.69, 9.17) is 4.74 Å². The van der Waals surface area contributed by atoms with Gasteiger partial charge in [-0.1, -0.05) is 12.1 Å². The summed E-state index contributed by atoms with van der Waals surface area (Å²) in [7, 11) is -2.00. The number of carbonyl (C=O) groups excluding carboxylic acids is 1. The Labute approximate surface area is 88.0 Å². The molecule has 82 valence electrons. The van der Waals surface area contributed by atoms with Gasteiger partial charge in [0.2, 0.25) is 0 Å². The van der Waals surface area contributed by atoms with E-state index in [-0.39, 0.29) is 10.6 Å². The topological polar surface area (TPSA) is 72.5 Å². The van der Waals surface area contributed by atoms with Crippen molar-refractivity contribution >= 4 is 15.9 Å². The predicted molar refractivity (Wildman–Crippen MR) is 54.6 cm³/mol. The quantitative estimate of drug-likeness (QED) is 0.814. The molecule has 1 rings (SSSR count). The van der Waals surface area contributed by atoms with Crippen LogP contribution in [0.5, 0.6) is 5.75 Å². The number of para-hydroxylation sites is 1. The largest absolute Gasteiger partial charge is 0.412 e. The van der Waals surface area contributed by atoms with Crippen LogP contribution in [0.2, 0.25) is 0 Å². The molecule has 1 aromatic rings. The molecule has 0 spiro atoms. The molecule has 0 saturated heterocycles. The fraction of sp³-hybridized carbons (Fsp3) is 0.222. The number of hydrogen-bond donors (Lipinski definition) is 1. The molecule has 0 aliphatic carbocycles. The van der Waals surface area contributed by atoms with Crippen molar-refractivity contribution < 1.29 is 17.9 Å². The molecule has 0 bridgehead atoms. The molecule has 15 heavy (non-hydrogen) atoms. The second kappa shape index (κ2) is 4.31. The average Bonchev–Trinajstić information content (AvgIpc) is 2.17. The summed E-state index contributed by atoms with van der Waals surface area (Å²) < 4.78 is 27.4. The van der Waals surface area contributed by atoms with Crippen molar-refractivity contribution in [2.75, 3.05) is 13.3 Å². The Morgan fingerprint density at radius 3 is 2.47 bits per heavy atom. The summed E-state index contributed by atoms with van der Waals surface area (Å²) in [6.45, 7) is 0. The van der Waals surface area contributed by atoms with Crippen LogP contribution in [0.25, 0.3) is 0 Å². The third kappa shape index (κ3) is 2.95. The van der Waals surface area contributed by atoms with Crippen molar-refractivity contribution in [3.8, 4) is 5.75 Å². The Balaban J connectivity index is 3.13. The van der Waals surface area contributed by atoms with Crippen LogP contribution in [0.3, 0.4) is 0 Å². The van der Waals surface area contributed by atoms with Crippen LogP contribution in [0.15, 0.2) is 29.2 Å². The van der Waals surface area contributed by atoms with Crippen LogP contribution in [-0.4, -0.2) is 27.8 Å². The molecule has 0 atom stereocenters. The van der Waals surface area contributed by atoms with Gasteiger partial charge in [-0.05, 0) is 12.1 Å². The Bertz CT molecular complexity index is 467. The lowest BCUT2D eigenvalue weighted by atomic mass is 10.3. The van der Waals surface area contributed by atoms with E-state index in [1.807, 2.05) is 0 Å². The Hall–Kier alpha value is -1.56. The molecule has 0 aliphatic rings. The first kappa shape index (κ1) is 11.5. The first-order valence-corrected chi connectivity index (χ1v) is 6.03. The molecular formula is C9H11NO4S. The van der Waals surface area contributed by atoms with E-state index in [1.165, 1.54) is 19.2 Å². The van der Waals surface area contributed by atoms with E-state index in [0.717, 1.165) is 6.26 Å². The van der Waals surface area contributed by atoms with E-state index in [0.29, 0.717) is 0 Å². The molecule has 0 aliphatic heterocycles. The molecule has 5 nitrogen and oxygen atoms in total. The van der Waals surface area contributed by atoms with E-state index >= 15 is 0 Å². The van der Waals surface area contributed by atoms with E-state index in [9.17, 15) is 13.2 Å². The second-order valence-corrected chi connectivity index (χ2v) is 4.84. The third-order valence-electron chi connectivity index (χ3n) is 1.66. The lowest BCUT2D eigenvalue weighted by Gasteiger charge is -2.07. The zero-order valence-electron chi connectivity index (χ0n) is 8.35. The normalized spacial score (nSPS) is 10.8. The highest BCUT2D eigenvalue weighted by atomic mass is 32.2. The number of hydrogen-bond acceptors (Lipinski definition) is 4. The van der Waals surface area contributed by atoms with Gasteiger partial charge >= 0.3 is 6.09 Å².